The first-order valence-electron chi connectivity index (χ1n) is 7.69. The molecule has 2 N–H and O–H groups in total. The summed E-state index contributed by atoms with van der Waals surface area (Å²) in [6.45, 7) is 7.98. The van der Waals surface area contributed by atoms with Crippen LogP contribution in [0, 0.1) is 12.8 Å². The van der Waals surface area contributed by atoms with Crippen molar-refractivity contribution in [1.29, 1.82) is 0 Å². The van der Waals surface area contributed by atoms with Crippen molar-refractivity contribution in [2.75, 3.05) is 33.7 Å². The molecule has 3 atom stereocenters. The fourth-order valence-electron chi connectivity index (χ4n) is 3.38. The first kappa shape index (κ1) is 15.5. The van der Waals surface area contributed by atoms with Crippen molar-refractivity contribution in [3.8, 4) is 0 Å². The number of hydrogen-bond donors (Lipinski definition) is 1. The zero-order valence-electron chi connectivity index (χ0n) is 13.3. The lowest BCUT2D eigenvalue weighted by atomic mass is 9.99. The molecular formula is C17H29N3. The number of benzene rings is 1. The number of rotatable bonds is 5. The van der Waals surface area contributed by atoms with Crippen LogP contribution in [0.15, 0.2) is 24.3 Å². The molecule has 1 aromatic carbocycles. The fourth-order valence-corrected chi connectivity index (χ4v) is 3.38. The van der Waals surface area contributed by atoms with Crippen LogP contribution in [0.3, 0.4) is 0 Å². The standard InChI is InChI=1S/C17H29N3/c1-13-7-5-6-8-15(13)16(18)9-10-20-11-14(2)17(12-20)19(3)4/h5-8,14,16-17H,9-12,18H2,1-4H3. The Morgan fingerprint density at radius 3 is 2.60 bits per heavy atom. The number of aryl methyl sites for hydroxylation is 1. The average molecular weight is 275 g/mol. The van der Waals surface area contributed by atoms with Crippen LogP contribution < -0.4 is 5.73 Å². The number of nitrogens with two attached hydrogens (primary N) is 1. The number of hydrogen-bond acceptors (Lipinski definition) is 3. The van der Waals surface area contributed by atoms with Crippen LogP contribution in [0.25, 0.3) is 0 Å². The van der Waals surface area contributed by atoms with E-state index in [4.69, 9.17) is 5.73 Å². The predicted molar refractivity (Wildman–Crippen MR) is 85.8 cm³/mol. The Balaban J connectivity index is 1.86. The molecule has 112 valence electrons. The van der Waals surface area contributed by atoms with Gasteiger partial charge in [0.25, 0.3) is 0 Å². The van der Waals surface area contributed by atoms with Crippen LogP contribution in [-0.4, -0.2) is 49.6 Å². The lowest BCUT2D eigenvalue weighted by Gasteiger charge is -2.23. The van der Waals surface area contributed by atoms with E-state index >= 15 is 0 Å². The Hall–Kier alpha value is -0.900. The van der Waals surface area contributed by atoms with Gasteiger partial charge in [0.15, 0.2) is 0 Å². The quantitative estimate of drug-likeness (QED) is 0.895. The first-order chi connectivity index (χ1) is 9.49. The molecule has 0 amide bonds. The first-order valence-corrected chi connectivity index (χ1v) is 7.69. The molecule has 0 radical (unpaired) electrons. The summed E-state index contributed by atoms with van der Waals surface area (Å²) >= 11 is 0. The Labute approximate surface area is 123 Å². The molecule has 0 aliphatic carbocycles. The van der Waals surface area contributed by atoms with Crippen molar-refractivity contribution in [1.82, 2.24) is 9.80 Å². The van der Waals surface area contributed by atoms with Gasteiger partial charge in [-0.2, -0.15) is 0 Å². The van der Waals surface area contributed by atoms with Gasteiger partial charge in [-0.1, -0.05) is 31.2 Å². The molecule has 1 aliphatic rings. The third kappa shape index (κ3) is 3.60. The average Bonchev–Trinajstić information content (AvgIpc) is 2.78. The van der Waals surface area contributed by atoms with Crippen LogP contribution in [0.1, 0.15) is 30.5 Å². The molecule has 3 unspecified atom stereocenters. The van der Waals surface area contributed by atoms with Gasteiger partial charge in [-0.05, 0) is 44.5 Å². The zero-order valence-corrected chi connectivity index (χ0v) is 13.3. The fraction of sp³-hybridized carbons (Fsp3) is 0.647. The van der Waals surface area contributed by atoms with Gasteiger partial charge < -0.3 is 15.5 Å². The molecule has 20 heavy (non-hydrogen) atoms. The molecule has 3 nitrogen and oxygen atoms in total. The van der Waals surface area contributed by atoms with E-state index in [1.165, 1.54) is 24.2 Å². The van der Waals surface area contributed by atoms with E-state index < -0.39 is 0 Å². The van der Waals surface area contributed by atoms with Crippen molar-refractivity contribution < 1.29 is 0 Å². The van der Waals surface area contributed by atoms with Crippen LogP contribution in [0.5, 0.6) is 0 Å². The predicted octanol–water partition coefficient (Wildman–Crippen LogP) is 2.27. The summed E-state index contributed by atoms with van der Waals surface area (Å²) in [4.78, 5) is 4.92. The van der Waals surface area contributed by atoms with Gasteiger partial charge in [0.2, 0.25) is 0 Å². The van der Waals surface area contributed by atoms with E-state index in [0.717, 1.165) is 18.9 Å². The molecule has 2 rings (SSSR count). The summed E-state index contributed by atoms with van der Waals surface area (Å²) in [6, 6.07) is 9.32. The van der Waals surface area contributed by atoms with Gasteiger partial charge in [-0.15, -0.1) is 0 Å². The maximum atomic E-state index is 6.37. The maximum absolute atomic E-state index is 6.37. The summed E-state index contributed by atoms with van der Waals surface area (Å²) in [5.74, 6) is 0.750. The summed E-state index contributed by atoms with van der Waals surface area (Å²) in [5.41, 5.74) is 8.97. The van der Waals surface area contributed by atoms with E-state index in [1.54, 1.807) is 0 Å². The highest BCUT2D eigenvalue weighted by Crippen LogP contribution is 2.23. The van der Waals surface area contributed by atoms with Gasteiger partial charge in [0.1, 0.15) is 0 Å². The molecule has 0 bridgehead atoms. The highest BCUT2D eigenvalue weighted by Gasteiger charge is 2.30. The van der Waals surface area contributed by atoms with Crippen LogP contribution >= 0.6 is 0 Å². The second kappa shape index (κ2) is 6.70. The van der Waals surface area contributed by atoms with Gasteiger partial charge in [0.05, 0.1) is 0 Å². The second-order valence-corrected chi connectivity index (χ2v) is 6.52. The van der Waals surface area contributed by atoms with Crippen LogP contribution in [-0.2, 0) is 0 Å². The largest absolute Gasteiger partial charge is 0.324 e. The molecular weight excluding hydrogens is 246 g/mol. The van der Waals surface area contributed by atoms with Gasteiger partial charge in [-0.3, -0.25) is 0 Å². The molecule has 0 saturated carbocycles. The van der Waals surface area contributed by atoms with E-state index in [1.807, 2.05) is 0 Å². The molecule has 0 aromatic heterocycles. The lowest BCUT2D eigenvalue weighted by molar-refractivity contribution is 0.250. The van der Waals surface area contributed by atoms with Crippen LogP contribution in [0.2, 0.25) is 0 Å². The maximum Gasteiger partial charge on any atom is 0.0309 e. The molecule has 3 heteroatoms. The summed E-state index contributed by atoms with van der Waals surface area (Å²) in [5, 5.41) is 0. The van der Waals surface area contributed by atoms with E-state index in [0.29, 0.717) is 6.04 Å². The minimum absolute atomic E-state index is 0.157. The van der Waals surface area contributed by atoms with Crippen LogP contribution in [0.4, 0.5) is 0 Å². The topological polar surface area (TPSA) is 32.5 Å². The SMILES string of the molecule is Cc1ccccc1C(N)CCN1CC(C)C(N(C)C)C1. The molecule has 1 fully saturated rings. The van der Waals surface area contributed by atoms with E-state index in [2.05, 4.69) is 62.0 Å². The number of likely N-dealkylation sites (N-methyl/N-ethyl adjacent to an activating group) is 1. The highest BCUT2D eigenvalue weighted by molar-refractivity contribution is 5.28. The van der Waals surface area contributed by atoms with Crippen molar-refractivity contribution in [2.24, 2.45) is 11.7 Å². The second-order valence-electron chi connectivity index (χ2n) is 6.52. The third-order valence-electron chi connectivity index (χ3n) is 4.66. The summed E-state index contributed by atoms with van der Waals surface area (Å²) in [7, 11) is 4.37. The van der Waals surface area contributed by atoms with Crippen molar-refractivity contribution in [3.05, 3.63) is 35.4 Å². The van der Waals surface area contributed by atoms with Crippen molar-refractivity contribution >= 4 is 0 Å². The van der Waals surface area contributed by atoms with Crippen molar-refractivity contribution in [2.45, 2.75) is 32.4 Å². The zero-order chi connectivity index (χ0) is 14.7. The highest BCUT2D eigenvalue weighted by atomic mass is 15.2. The molecule has 1 aromatic rings. The summed E-state index contributed by atoms with van der Waals surface area (Å²) < 4.78 is 0. The van der Waals surface area contributed by atoms with Gasteiger partial charge >= 0.3 is 0 Å². The summed E-state index contributed by atoms with van der Waals surface area (Å²) in [6.07, 6.45) is 1.04. The lowest BCUT2D eigenvalue weighted by Crippen LogP contribution is -2.34. The number of likely N-dealkylation sites (tertiary alicyclic amines) is 1. The Kier molecular flexibility index (Phi) is 5.19. The van der Waals surface area contributed by atoms with Gasteiger partial charge in [0, 0.05) is 31.7 Å². The molecule has 1 aliphatic heterocycles. The smallest absolute Gasteiger partial charge is 0.0309 e. The number of nitrogens with zero attached hydrogens (tertiary/aromatic N) is 2. The molecule has 1 heterocycles. The molecule has 0 spiro atoms. The minimum atomic E-state index is 0.157. The third-order valence-corrected chi connectivity index (χ3v) is 4.66. The molecule has 1 saturated heterocycles. The van der Waals surface area contributed by atoms with E-state index in [-0.39, 0.29) is 6.04 Å². The Morgan fingerprint density at radius 2 is 2.00 bits per heavy atom. The Bertz CT molecular complexity index is 430. The monoisotopic (exact) mass is 275 g/mol. The van der Waals surface area contributed by atoms with Gasteiger partial charge in [-0.25, -0.2) is 0 Å². The minimum Gasteiger partial charge on any atom is -0.324 e. The van der Waals surface area contributed by atoms with E-state index in [9.17, 15) is 0 Å². The normalized spacial score (nSPS) is 25.3. The Morgan fingerprint density at radius 1 is 1.30 bits per heavy atom. The van der Waals surface area contributed by atoms with Crippen molar-refractivity contribution in [3.63, 3.8) is 0 Å².